The number of hydrogen-bond acceptors (Lipinski definition) is 4. The van der Waals surface area contributed by atoms with Crippen LogP contribution >= 0.6 is 22.9 Å². The van der Waals surface area contributed by atoms with Crippen LogP contribution in [0.1, 0.15) is 17.7 Å². The summed E-state index contributed by atoms with van der Waals surface area (Å²) >= 11 is 8.14. The zero-order valence-electron chi connectivity index (χ0n) is 16.7. The average Bonchev–Trinajstić information content (AvgIpc) is 3.27. The number of para-hydroxylation sites is 1. The lowest BCUT2D eigenvalue weighted by Gasteiger charge is -2.37. The molecule has 2 saturated heterocycles. The number of carbonyl (C=O) groups excluding carboxylic acids is 1. The smallest absolute Gasteiger partial charge is 0.317 e. The van der Waals surface area contributed by atoms with Gasteiger partial charge in [0.05, 0.1) is 10.7 Å². The van der Waals surface area contributed by atoms with Gasteiger partial charge in [-0.25, -0.2) is 4.79 Å². The lowest BCUT2D eigenvalue weighted by molar-refractivity contribution is 0.168. The van der Waals surface area contributed by atoms with Crippen molar-refractivity contribution >= 4 is 34.7 Å². The van der Waals surface area contributed by atoms with Crippen molar-refractivity contribution in [2.24, 2.45) is 5.92 Å². The summed E-state index contributed by atoms with van der Waals surface area (Å²) in [4.78, 5) is 20.7. The number of anilines is 1. The maximum absolute atomic E-state index is 12.6. The zero-order valence-corrected chi connectivity index (χ0v) is 18.3. The Labute approximate surface area is 182 Å². The number of halogens is 1. The van der Waals surface area contributed by atoms with E-state index in [0.717, 1.165) is 75.9 Å². The van der Waals surface area contributed by atoms with Gasteiger partial charge in [-0.2, -0.15) is 0 Å². The second-order valence-corrected chi connectivity index (χ2v) is 9.35. The Hall–Kier alpha value is -1.76. The Morgan fingerprint density at radius 2 is 1.79 bits per heavy atom. The predicted molar refractivity (Wildman–Crippen MR) is 121 cm³/mol. The summed E-state index contributed by atoms with van der Waals surface area (Å²) in [5, 5.41) is 6.09. The van der Waals surface area contributed by atoms with Crippen LogP contribution in [-0.4, -0.2) is 61.6 Å². The first-order valence-corrected chi connectivity index (χ1v) is 11.7. The molecule has 156 valence electrons. The van der Waals surface area contributed by atoms with Gasteiger partial charge in [0.25, 0.3) is 0 Å². The number of urea groups is 1. The Balaban J connectivity index is 1.16. The van der Waals surface area contributed by atoms with Crippen molar-refractivity contribution in [3.05, 3.63) is 51.7 Å². The number of piperidine rings is 1. The molecule has 7 heteroatoms. The van der Waals surface area contributed by atoms with E-state index in [2.05, 4.69) is 32.6 Å². The molecule has 1 aromatic heterocycles. The molecule has 5 nitrogen and oxygen atoms in total. The largest absolute Gasteiger partial charge is 0.367 e. The number of nitrogens with zero attached hydrogens (tertiary/aromatic N) is 3. The van der Waals surface area contributed by atoms with Gasteiger partial charge in [-0.1, -0.05) is 29.8 Å². The van der Waals surface area contributed by atoms with E-state index in [-0.39, 0.29) is 6.03 Å². The number of rotatable bonds is 5. The molecule has 1 aromatic carbocycles. The van der Waals surface area contributed by atoms with Crippen molar-refractivity contribution in [2.75, 3.05) is 50.7 Å². The summed E-state index contributed by atoms with van der Waals surface area (Å²) in [7, 11) is 0. The molecule has 2 aromatic rings. The number of piperazine rings is 1. The second-order valence-electron chi connectivity index (χ2n) is 7.91. The van der Waals surface area contributed by atoms with Crippen LogP contribution in [0.15, 0.2) is 41.8 Å². The summed E-state index contributed by atoms with van der Waals surface area (Å²) in [5.74, 6) is 0.586. The standard InChI is InChI=1S/C22H29ClN4OS/c23-20-5-1-2-6-21(20)26-11-13-27(14-12-26)22(28)24-16-18-7-9-25(10-8-18)17-19-4-3-15-29-19/h1-6,15,18H,7-14,16-17H2,(H,24,28). The molecular weight excluding hydrogens is 404 g/mol. The first-order valence-electron chi connectivity index (χ1n) is 10.5. The summed E-state index contributed by atoms with van der Waals surface area (Å²) in [6.45, 7) is 7.19. The highest BCUT2D eigenvalue weighted by atomic mass is 35.5. The summed E-state index contributed by atoms with van der Waals surface area (Å²) < 4.78 is 0. The van der Waals surface area contributed by atoms with Crippen molar-refractivity contribution in [1.82, 2.24) is 15.1 Å². The van der Waals surface area contributed by atoms with Crippen molar-refractivity contribution in [3.63, 3.8) is 0 Å². The quantitative estimate of drug-likeness (QED) is 0.771. The molecule has 3 heterocycles. The molecule has 2 fully saturated rings. The Morgan fingerprint density at radius 3 is 2.48 bits per heavy atom. The Kier molecular flexibility index (Phi) is 6.95. The van der Waals surface area contributed by atoms with Crippen LogP contribution in [0.25, 0.3) is 0 Å². The SMILES string of the molecule is O=C(NCC1CCN(Cc2cccs2)CC1)N1CCN(c2ccccc2Cl)CC1. The third-order valence-corrected chi connectivity index (χ3v) is 7.15. The van der Waals surface area contributed by atoms with E-state index >= 15 is 0 Å². The van der Waals surface area contributed by atoms with Crippen LogP contribution < -0.4 is 10.2 Å². The lowest BCUT2D eigenvalue weighted by Crippen LogP contribution is -2.52. The monoisotopic (exact) mass is 432 g/mol. The molecule has 0 radical (unpaired) electrons. The van der Waals surface area contributed by atoms with Gasteiger partial charge in [0, 0.05) is 44.1 Å². The van der Waals surface area contributed by atoms with Crippen LogP contribution in [0.3, 0.4) is 0 Å². The zero-order chi connectivity index (χ0) is 20.1. The number of carbonyl (C=O) groups is 1. The minimum absolute atomic E-state index is 0.0739. The molecule has 0 unspecified atom stereocenters. The first-order chi connectivity index (χ1) is 14.2. The van der Waals surface area contributed by atoms with E-state index in [4.69, 9.17) is 11.6 Å². The van der Waals surface area contributed by atoms with Crippen molar-refractivity contribution in [3.8, 4) is 0 Å². The topological polar surface area (TPSA) is 38.8 Å². The molecule has 0 spiro atoms. The van der Waals surface area contributed by atoms with Crippen LogP contribution in [0, 0.1) is 5.92 Å². The molecule has 0 bridgehead atoms. The number of thiophene rings is 1. The highest BCUT2D eigenvalue weighted by Gasteiger charge is 2.24. The fourth-order valence-electron chi connectivity index (χ4n) is 4.17. The Bertz CT molecular complexity index is 784. The number of hydrogen-bond donors (Lipinski definition) is 1. The van der Waals surface area contributed by atoms with Gasteiger partial charge in [-0.3, -0.25) is 4.90 Å². The summed E-state index contributed by atoms with van der Waals surface area (Å²) in [5.41, 5.74) is 1.06. The van der Waals surface area contributed by atoms with Crippen LogP contribution in [-0.2, 0) is 6.54 Å². The van der Waals surface area contributed by atoms with Gasteiger partial charge in [-0.15, -0.1) is 11.3 Å². The van der Waals surface area contributed by atoms with Gasteiger partial charge in [-0.05, 0) is 55.4 Å². The van der Waals surface area contributed by atoms with E-state index in [1.165, 1.54) is 4.88 Å². The van der Waals surface area contributed by atoms with E-state index < -0.39 is 0 Å². The van der Waals surface area contributed by atoms with Crippen LogP contribution in [0.2, 0.25) is 5.02 Å². The van der Waals surface area contributed by atoms with Crippen molar-refractivity contribution in [2.45, 2.75) is 19.4 Å². The molecule has 29 heavy (non-hydrogen) atoms. The molecule has 0 aliphatic carbocycles. The number of likely N-dealkylation sites (tertiary alicyclic amines) is 1. The normalized spacial score (nSPS) is 18.8. The fraction of sp³-hybridized carbons (Fsp3) is 0.500. The third kappa shape index (κ3) is 5.44. The lowest BCUT2D eigenvalue weighted by atomic mass is 9.97. The summed E-state index contributed by atoms with van der Waals surface area (Å²) in [6, 6.07) is 12.3. The van der Waals surface area contributed by atoms with E-state index in [1.54, 1.807) is 0 Å². The number of nitrogens with one attached hydrogen (secondary N) is 1. The number of benzene rings is 1. The molecule has 2 amide bonds. The van der Waals surface area contributed by atoms with Gasteiger partial charge >= 0.3 is 6.03 Å². The highest BCUT2D eigenvalue weighted by molar-refractivity contribution is 7.09. The molecule has 2 aliphatic heterocycles. The maximum Gasteiger partial charge on any atom is 0.317 e. The van der Waals surface area contributed by atoms with Gasteiger partial charge < -0.3 is 15.1 Å². The van der Waals surface area contributed by atoms with E-state index in [1.807, 2.05) is 40.5 Å². The predicted octanol–water partition coefficient (Wildman–Crippen LogP) is 4.15. The van der Waals surface area contributed by atoms with Gasteiger partial charge in [0.1, 0.15) is 0 Å². The Morgan fingerprint density at radius 1 is 1.03 bits per heavy atom. The molecule has 4 rings (SSSR count). The van der Waals surface area contributed by atoms with Crippen molar-refractivity contribution < 1.29 is 4.79 Å². The average molecular weight is 433 g/mol. The highest BCUT2D eigenvalue weighted by Crippen LogP contribution is 2.26. The molecule has 2 aliphatic rings. The first kappa shape index (κ1) is 20.5. The van der Waals surface area contributed by atoms with Gasteiger partial charge in [0.15, 0.2) is 0 Å². The van der Waals surface area contributed by atoms with Crippen LogP contribution in [0.5, 0.6) is 0 Å². The molecule has 0 saturated carbocycles. The second kappa shape index (κ2) is 9.83. The maximum atomic E-state index is 12.6. The summed E-state index contributed by atoms with van der Waals surface area (Å²) in [6.07, 6.45) is 2.32. The minimum Gasteiger partial charge on any atom is -0.367 e. The minimum atomic E-state index is 0.0739. The molecule has 0 atom stereocenters. The van der Waals surface area contributed by atoms with E-state index in [0.29, 0.717) is 5.92 Å². The van der Waals surface area contributed by atoms with E-state index in [9.17, 15) is 4.79 Å². The van der Waals surface area contributed by atoms with Crippen molar-refractivity contribution in [1.29, 1.82) is 0 Å². The molecular formula is C22H29ClN4OS. The molecule has 1 N–H and O–H groups in total. The third-order valence-electron chi connectivity index (χ3n) is 5.97. The fourth-order valence-corrected chi connectivity index (χ4v) is 5.18. The number of amides is 2. The van der Waals surface area contributed by atoms with Crippen LogP contribution in [0.4, 0.5) is 10.5 Å². The van der Waals surface area contributed by atoms with Gasteiger partial charge in [0.2, 0.25) is 0 Å².